The van der Waals surface area contributed by atoms with Crippen LogP contribution in [-0.4, -0.2) is 35.4 Å². The number of carbonyl (C=O) groups excluding carboxylic acids is 1. The molecule has 190 valence electrons. The standard InChI is InChI=1S/C30H36N2O4/c1-20-16-27(9-4-22(20)19-31)35-26-10-5-23(6-11-26)32-29(34)21-2-7-25(8-3-21)36-28-17-30(18-28)14-12-24(33)13-15-30/h2-4,7-9,16,23-24,26,28,33H,5-6,10-15,17-18H2,1H3,(H,32,34). The van der Waals surface area contributed by atoms with Crippen LogP contribution in [0.25, 0.3) is 0 Å². The number of hydrogen-bond acceptors (Lipinski definition) is 5. The summed E-state index contributed by atoms with van der Waals surface area (Å²) in [4.78, 5) is 12.8. The molecule has 0 bridgehead atoms. The minimum absolute atomic E-state index is 0.0444. The summed E-state index contributed by atoms with van der Waals surface area (Å²) >= 11 is 0. The van der Waals surface area contributed by atoms with Crippen molar-refractivity contribution in [2.45, 2.75) is 95.5 Å². The Morgan fingerprint density at radius 1 is 0.944 bits per heavy atom. The Bertz CT molecular complexity index is 1100. The van der Waals surface area contributed by atoms with E-state index in [0.717, 1.165) is 81.3 Å². The Balaban J connectivity index is 1.04. The van der Waals surface area contributed by atoms with E-state index in [1.807, 2.05) is 43.3 Å². The number of rotatable bonds is 6. The second-order valence-corrected chi connectivity index (χ2v) is 11.1. The number of ether oxygens (including phenoxy) is 2. The number of aliphatic hydroxyl groups is 1. The molecule has 0 heterocycles. The third kappa shape index (κ3) is 5.68. The molecule has 6 nitrogen and oxygen atoms in total. The van der Waals surface area contributed by atoms with Crippen molar-refractivity contribution in [3.8, 4) is 17.6 Å². The van der Waals surface area contributed by atoms with Crippen LogP contribution in [0, 0.1) is 23.7 Å². The van der Waals surface area contributed by atoms with Gasteiger partial charge in [-0.2, -0.15) is 5.26 Å². The number of aryl methyl sites for hydroxylation is 1. The molecule has 1 spiro atoms. The number of carbonyl (C=O) groups is 1. The molecule has 3 aliphatic carbocycles. The molecule has 0 saturated heterocycles. The Labute approximate surface area is 213 Å². The van der Waals surface area contributed by atoms with Crippen LogP contribution in [0.4, 0.5) is 0 Å². The summed E-state index contributed by atoms with van der Waals surface area (Å²) in [5.41, 5.74) is 2.63. The summed E-state index contributed by atoms with van der Waals surface area (Å²) in [6.07, 6.45) is 9.99. The Morgan fingerprint density at radius 2 is 1.58 bits per heavy atom. The lowest BCUT2D eigenvalue weighted by Gasteiger charge is -2.50. The number of aliphatic hydroxyl groups excluding tert-OH is 1. The zero-order valence-electron chi connectivity index (χ0n) is 21.0. The number of nitriles is 1. The second kappa shape index (κ2) is 10.5. The van der Waals surface area contributed by atoms with Crippen LogP contribution in [0.15, 0.2) is 42.5 Å². The van der Waals surface area contributed by atoms with Gasteiger partial charge in [-0.1, -0.05) is 0 Å². The third-order valence-corrected chi connectivity index (χ3v) is 8.39. The largest absolute Gasteiger partial charge is 0.490 e. The van der Waals surface area contributed by atoms with E-state index in [0.29, 0.717) is 16.5 Å². The highest BCUT2D eigenvalue weighted by Crippen LogP contribution is 2.52. The highest BCUT2D eigenvalue weighted by atomic mass is 16.5. The van der Waals surface area contributed by atoms with Gasteiger partial charge < -0.3 is 19.9 Å². The fraction of sp³-hybridized carbons (Fsp3) is 0.533. The molecule has 1 amide bonds. The second-order valence-electron chi connectivity index (χ2n) is 11.1. The van der Waals surface area contributed by atoms with E-state index in [2.05, 4.69) is 11.4 Å². The van der Waals surface area contributed by atoms with E-state index in [9.17, 15) is 9.90 Å². The van der Waals surface area contributed by atoms with Crippen molar-refractivity contribution >= 4 is 5.91 Å². The van der Waals surface area contributed by atoms with Gasteiger partial charge in [-0.25, -0.2) is 0 Å². The molecule has 2 aromatic carbocycles. The smallest absolute Gasteiger partial charge is 0.251 e. The SMILES string of the molecule is Cc1cc(OC2CCC(NC(=O)c3ccc(OC4CC5(CCC(O)CC5)C4)cc3)CC2)ccc1C#N. The lowest BCUT2D eigenvalue weighted by Crippen LogP contribution is -2.46. The van der Waals surface area contributed by atoms with Crippen LogP contribution >= 0.6 is 0 Å². The van der Waals surface area contributed by atoms with Crippen molar-refractivity contribution in [1.29, 1.82) is 5.26 Å². The lowest BCUT2D eigenvalue weighted by molar-refractivity contribution is -0.0614. The van der Waals surface area contributed by atoms with E-state index >= 15 is 0 Å². The normalized spacial score (nSPS) is 29.6. The zero-order chi connectivity index (χ0) is 25.1. The Hall–Kier alpha value is -3.04. The summed E-state index contributed by atoms with van der Waals surface area (Å²) in [6, 6.07) is 15.4. The van der Waals surface area contributed by atoms with E-state index in [-0.39, 0.29) is 30.3 Å². The molecule has 2 aromatic rings. The number of nitrogens with zero attached hydrogens (tertiary/aromatic N) is 1. The van der Waals surface area contributed by atoms with Crippen molar-refractivity contribution < 1.29 is 19.4 Å². The quantitative estimate of drug-likeness (QED) is 0.564. The molecule has 5 rings (SSSR count). The topological polar surface area (TPSA) is 91.6 Å². The van der Waals surface area contributed by atoms with Crippen LogP contribution in [0.3, 0.4) is 0 Å². The monoisotopic (exact) mass is 488 g/mol. The highest BCUT2D eigenvalue weighted by molar-refractivity contribution is 5.94. The summed E-state index contributed by atoms with van der Waals surface area (Å²) in [5.74, 6) is 1.57. The van der Waals surface area contributed by atoms with Crippen molar-refractivity contribution in [2.75, 3.05) is 0 Å². The molecule has 2 N–H and O–H groups in total. The molecule has 0 atom stereocenters. The van der Waals surface area contributed by atoms with Gasteiger partial charge in [0.1, 0.15) is 11.5 Å². The van der Waals surface area contributed by atoms with E-state index < -0.39 is 0 Å². The highest BCUT2D eigenvalue weighted by Gasteiger charge is 2.47. The Kier molecular flexibility index (Phi) is 7.20. The van der Waals surface area contributed by atoms with Crippen LogP contribution in [0.1, 0.15) is 85.7 Å². The van der Waals surface area contributed by atoms with Gasteiger partial charge in [-0.15, -0.1) is 0 Å². The van der Waals surface area contributed by atoms with Gasteiger partial charge in [0.05, 0.1) is 29.9 Å². The summed E-state index contributed by atoms with van der Waals surface area (Å²) in [5, 5.41) is 22.0. The van der Waals surface area contributed by atoms with E-state index in [1.165, 1.54) is 0 Å². The molecule has 6 heteroatoms. The first kappa shape index (κ1) is 24.6. The van der Waals surface area contributed by atoms with Gasteiger partial charge in [0.2, 0.25) is 0 Å². The molecule has 0 radical (unpaired) electrons. The molecule has 3 saturated carbocycles. The molecule has 0 aliphatic heterocycles. The van der Waals surface area contributed by atoms with Crippen LogP contribution in [-0.2, 0) is 0 Å². The predicted octanol–water partition coefficient (Wildman–Crippen LogP) is 5.45. The first-order chi connectivity index (χ1) is 17.4. The molecule has 0 aromatic heterocycles. The van der Waals surface area contributed by atoms with E-state index in [4.69, 9.17) is 14.7 Å². The average molecular weight is 489 g/mol. The lowest BCUT2D eigenvalue weighted by atomic mass is 9.59. The number of hydrogen-bond donors (Lipinski definition) is 2. The summed E-state index contributed by atoms with van der Waals surface area (Å²) in [6.45, 7) is 1.92. The van der Waals surface area contributed by atoms with Crippen molar-refractivity contribution in [3.05, 3.63) is 59.2 Å². The van der Waals surface area contributed by atoms with Crippen LogP contribution in [0.2, 0.25) is 0 Å². The molecule has 36 heavy (non-hydrogen) atoms. The van der Waals surface area contributed by atoms with Gasteiger partial charge in [-0.3, -0.25) is 4.79 Å². The third-order valence-electron chi connectivity index (χ3n) is 8.39. The van der Waals surface area contributed by atoms with Crippen molar-refractivity contribution in [1.82, 2.24) is 5.32 Å². The fourth-order valence-electron chi connectivity index (χ4n) is 6.11. The average Bonchev–Trinajstić information content (AvgIpc) is 2.86. The maximum absolute atomic E-state index is 12.8. The van der Waals surface area contributed by atoms with Crippen molar-refractivity contribution in [2.24, 2.45) is 5.41 Å². The van der Waals surface area contributed by atoms with Crippen LogP contribution in [0.5, 0.6) is 11.5 Å². The zero-order valence-corrected chi connectivity index (χ0v) is 21.0. The molecule has 3 fully saturated rings. The molecule has 3 aliphatic rings. The van der Waals surface area contributed by atoms with Gasteiger partial charge in [-0.05, 0) is 125 Å². The molecular weight excluding hydrogens is 452 g/mol. The first-order valence-electron chi connectivity index (χ1n) is 13.3. The minimum atomic E-state index is -0.115. The molecule has 0 unspecified atom stereocenters. The fourth-order valence-corrected chi connectivity index (χ4v) is 6.11. The summed E-state index contributed by atoms with van der Waals surface area (Å²) < 4.78 is 12.3. The maximum atomic E-state index is 12.8. The van der Waals surface area contributed by atoms with Gasteiger partial charge >= 0.3 is 0 Å². The number of nitrogens with one attached hydrogen (secondary N) is 1. The predicted molar refractivity (Wildman–Crippen MR) is 137 cm³/mol. The number of benzene rings is 2. The first-order valence-corrected chi connectivity index (χ1v) is 13.3. The van der Waals surface area contributed by atoms with Gasteiger partial charge in [0.15, 0.2) is 0 Å². The summed E-state index contributed by atoms with van der Waals surface area (Å²) in [7, 11) is 0. The van der Waals surface area contributed by atoms with E-state index in [1.54, 1.807) is 6.07 Å². The maximum Gasteiger partial charge on any atom is 0.251 e. The number of amides is 1. The minimum Gasteiger partial charge on any atom is -0.490 e. The van der Waals surface area contributed by atoms with Crippen molar-refractivity contribution in [3.63, 3.8) is 0 Å². The molecular formula is C30H36N2O4. The Morgan fingerprint density at radius 3 is 2.22 bits per heavy atom. The van der Waals surface area contributed by atoms with Gasteiger partial charge in [0.25, 0.3) is 5.91 Å². The van der Waals surface area contributed by atoms with Crippen LogP contribution < -0.4 is 14.8 Å². The van der Waals surface area contributed by atoms with Gasteiger partial charge in [0, 0.05) is 11.6 Å².